The van der Waals surface area contributed by atoms with Crippen LogP contribution in [0.1, 0.15) is 21.6 Å². The van der Waals surface area contributed by atoms with Crippen LogP contribution in [-0.4, -0.2) is 34.9 Å². The highest BCUT2D eigenvalue weighted by Gasteiger charge is 2.15. The predicted octanol–water partition coefficient (Wildman–Crippen LogP) is 3.81. The van der Waals surface area contributed by atoms with E-state index in [-0.39, 0.29) is 5.91 Å². The number of anilines is 2. The zero-order valence-electron chi connectivity index (χ0n) is 15.6. The largest absolute Gasteiger partial charge is 0.495 e. The van der Waals surface area contributed by atoms with E-state index < -0.39 is 0 Å². The number of carbonyl (C=O) groups excluding carboxylic acids is 1. The topological polar surface area (TPSA) is 67.3 Å². The first kappa shape index (κ1) is 18.4. The Balaban J connectivity index is 1.77. The van der Waals surface area contributed by atoms with Crippen molar-refractivity contribution in [2.24, 2.45) is 0 Å². The predicted molar refractivity (Wildman–Crippen MR) is 105 cm³/mol. The van der Waals surface area contributed by atoms with Gasteiger partial charge in [0, 0.05) is 19.7 Å². The number of nitrogens with one attached hydrogen (secondary N) is 1. The van der Waals surface area contributed by atoms with Crippen LogP contribution in [0, 0.1) is 6.92 Å². The van der Waals surface area contributed by atoms with Gasteiger partial charge < -0.3 is 15.0 Å². The van der Waals surface area contributed by atoms with Crippen molar-refractivity contribution in [1.82, 2.24) is 14.9 Å². The lowest BCUT2D eigenvalue weighted by molar-refractivity contribution is 0.0779. The number of rotatable bonds is 6. The summed E-state index contributed by atoms with van der Waals surface area (Å²) in [5.41, 5.74) is 3.27. The Labute approximate surface area is 158 Å². The van der Waals surface area contributed by atoms with E-state index in [1.165, 1.54) is 6.33 Å². The lowest BCUT2D eigenvalue weighted by Crippen LogP contribution is -2.27. The minimum absolute atomic E-state index is 0.166. The molecule has 3 rings (SSSR count). The average molecular weight is 362 g/mol. The number of methoxy groups -OCH3 is 1. The van der Waals surface area contributed by atoms with Gasteiger partial charge >= 0.3 is 0 Å². The van der Waals surface area contributed by atoms with Crippen molar-refractivity contribution >= 4 is 17.4 Å². The smallest absolute Gasteiger partial charge is 0.272 e. The summed E-state index contributed by atoms with van der Waals surface area (Å²) in [6, 6.07) is 17.3. The van der Waals surface area contributed by atoms with E-state index in [0.29, 0.717) is 23.8 Å². The van der Waals surface area contributed by atoms with Crippen LogP contribution in [0.3, 0.4) is 0 Å². The summed E-state index contributed by atoms with van der Waals surface area (Å²) < 4.78 is 5.37. The Bertz CT molecular complexity index is 928. The molecule has 1 heterocycles. The van der Waals surface area contributed by atoms with Crippen molar-refractivity contribution < 1.29 is 9.53 Å². The third-order valence-electron chi connectivity index (χ3n) is 4.11. The molecule has 6 nitrogen and oxygen atoms in total. The van der Waals surface area contributed by atoms with E-state index >= 15 is 0 Å². The van der Waals surface area contributed by atoms with Crippen LogP contribution in [0.5, 0.6) is 5.75 Å². The number of benzene rings is 2. The number of amides is 1. The van der Waals surface area contributed by atoms with Gasteiger partial charge in [-0.15, -0.1) is 0 Å². The Morgan fingerprint density at radius 2 is 1.89 bits per heavy atom. The van der Waals surface area contributed by atoms with Gasteiger partial charge in [-0.05, 0) is 30.2 Å². The standard InChI is InChI=1S/C21H22N4O2/c1-15-9-10-19(27-3)17(11-15)24-20-12-18(22-14-23-20)21(26)25(2)13-16-7-5-4-6-8-16/h4-12,14H,13H2,1-3H3,(H,22,23,24). The third-order valence-corrected chi connectivity index (χ3v) is 4.11. The molecule has 0 spiro atoms. The maximum absolute atomic E-state index is 12.7. The molecule has 0 saturated heterocycles. The van der Waals surface area contributed by atoms with Gasteiger partial charge in [0.2, 0.25) is 0 Å². The van der Waals surface area contributed by atoms with E-state index in [0.717, 1.165) is 16.8 Å². The van der Waals surface area contributed by atoms with Crippen molar-refractivity contribution in [3.8, 4) is 5.75 Å². The molecular formula is C21H22N4O2. The van der Waals surface area contributed by atoms with Gasteiger partial charge in [-0.3, -0.25) is 4.79 Å². The van der Waals surface area contributed by atoms with Crippen molar-refractivity contribution in [3.05, 3.63) is 77.7 Å². The second-order valence-corrected chi connectivity index (χ2v) is 6.26. The summed E-state index contributed by atoms with van der Waals surface area (Å²) in [6.45, 7) is 2.51. The molecule has 0 atom stereocenters. The highest BCUT2D eigenvalue weighted by Crippen LogP contribution is 2.28. The molecule has 1 amide bonds. The molecule has 1 N–H and O–H groups in total. The fourth-order valence-electron chi connectivity index (χ4n) is 2.72. The first-order valence-electron chi connectivity index (χ1n) is 8.60. The quantitative estimate of drug-likeness (QED) is 0.722. The lowest BCUT2D eigenvalue weighted by atomic mass is 10.2. The third kappa shape index (κ3) is 4.61. The molecule has 0 unspecified atom stereocenters. The van der Waals surface area contributed by atoms with Gasteiger partial charge in [-0.25, -0.2) is 9.97 Å². The second-order valence-electron chi connectivity index (χ2n) is 6.26. The monoisotopic (exact) mass is 362 g/mol. The van der Waals surface area contributed by atoms with Gasteiger partial charge in [0.1, 0.15) is 23.6 Å². The molecule has 0 bridgehead atoms. The number of aromatic nitrogens is 2. The van der Waals surface area contributed by atoms with Crippen LogP contribution < -0.4 is 10.1 Å². The number of hydrogen-bond donors (Lipinski definition) is 1. The first-order valence-corrected chi connectivity index (χ1v) is 8.60. The van der Waals surface area contributed by atoms with E-state index in [1.807, 2.05) is 55.5 Å². The molecule has 0 radical (unpaired) electrons. The van der Waals surface area contributed by atoms with Gasteiger partial charge in [-0.2, -0.15) is 0 Å². The van der Waals surface area contributed by atoms with E-state index in [1.54, 1.807) is 25.1 Å². The minimum Gasteiger partial charge on any atom is -0.495 e. The molecule has 3 aromatic rings. The fraction of sp³-hybridized carbons (Fsp3) is 0.190. The van der Waals surface area contributed by atoms with Gasteiger partial charge in [0.15, 0.2) is 0 Å². The first-order chi connectivity index (χ1) is 13.1. The van der Waals surface area contributed by atoms with Crippen LogP contribution in [0.2, 0.25) is 0 Å². The van der Waals surface area contributed by atoms with E-state index in [4.69, 9.17) is 4.74 Å². The Morgan fingerprint density at radius 1 is 1.11 bits per heavy atom. The molecule has 2 aromatic carbocycles. The molecule has 0 aliphatic rings. The normalized spacial score (nSPS) is 10.3. The molecule has 0 aliphatic carbocycles. The summed E-state index contributed by atoms with van der Waals surface area (Å²) in [5.74, 6) is 1.07. The summed E-state index contributed by atoms with van der Waals surface area (Å²) in [6.07, 6.45) is 1.38. The van der Waals surface area contributed by atoms with Crippen molar-refractivity contribution in [3.63, 3.8) is 0 Å². The molecule has 138 valence electrons. The molecule has 0 saturated carbocycles. The number of nitrogens with zero attached hydrogens (tertiary/aromatic N) is 3. The summed E-state index contributed by atoms with van der Waals surface area (Å²) in [7, 11) is 3.37. The molecular weight excluding hydrogens is 340 g/mol. The zero-order chi connectivity index (χ0) is 19.2. The molecule has 0 fully saturated rings. The maximum atomic E-state index is 12.7. The van der Waals surface area contributed by atoms with Gasteiger partial charge in [0.05, 0.1) is 12.8 Å². The minimum atomic E-state index is -0.166. The Hall–Kier alpha value is -3.41. The van der Waals surface area contributed by atoms with Gasteiger partial charge in [-0.1, -0.05) is 36.4 Å². The number of ether oxygens (including phenoxy) is 1. The van der Waals surface area contributed by atoms with E-state index in [2.05, 4.69) is 15.3 Å². The van der Waals surface area contributed by atoms with Crippen LogP contribution in [0.25, 0.3) is 0 Å². The number of aryl methyl sites for hydroxylation is 1. The zero-order valence-corrected chi connectivity index (χ0v) is 15.6. The Morgan fingerprint density at radius 3 is 2.63 bits per heavy atom. The van der Waals surface area contributed by atoms with Crippen LogP contribution in [0.4, 0.5) is 11.5 Å². The van der Waals surface area contributed by atoms with Crippen LogP contribution >= 0.6 is 0 Å². The van der Waals surface area contributed by atoms with Crippen molar-refractivity contribution in [2.75, 3.05) is 19.5 Å². The average Bonchev–Trinajstić information content (AvgIpc) is 2.68. The van der Waals surface area contributed by atoms with E-state index in [9.17, 15) is 4.79 Å². The molecule has 1 aromatic heterocycles. The SMILES string of the molecule is COc1ccc(C)cc1Nc1cc(C(=O)N(C)Cc2ccccc2)ncn1. The molecule has 6 heteroatoms. The van der Waals surface area contributed by atoms with Crippen LogP contribution in [0.15, 0.2) is 60.9 Å². The van der Waals surface area contributed by atoms with Crippen LogP contribution in [-0.2, 0) is 6.54 Å². The van der Waals surface area contributed by atoms with Crippen molar-refractivity contribution in [2.45, 2.75) is 13.5 Å². The maximum Gasteiger partial charge on any atom is 0.272 e. The number of carbonyl (C=O) groups is 1. The highest BCUT2D eigenvalue weighted by atomic mass is 16.5. The summed E-state index contributed by atoms with van der Waals surface area (Å²) in [4.78, 5) is 22.7. The molecule has 27 heavy (non-hydrogen) atoms. The summed E-state index contributed by atoms with van der Waals surface area (Å²) >= 11 is 0. The number of hydrogen-bond acceptors (Lipinski definition) is 5. The second kappa shape index (κ2) is 8.31. The highest BCUT2D eigenvalue weighted by molar-refractivity contribution is 5.92. The fourth-order valence-corrected chi connectivity index (χ4v) is 2.72. The summed E-state index contributed by atoms with van der Waals surface area (Å²) in [5, 5.41) is 3.20. The lowest BCUT2D eigenvalue weighted by Gasteiger charge is -2.17. The molecule has 0 aliphatic heterocycles. The van der Waals surface area contributed by atoms with Gasteiger partial charge in [0.25, 0.3) is 5.91 Å². The van der Waals surface area contributed by atoms with Crippen molar-refractivity contribution in [1.29, 1.82) is 0 Å². The Kier molecular flexibility index (Phi) is 5.66.